The van der Waals surface area contributed by atoms with Crippen molar-refractivity contribution < 1.29 is 14.3 Å². The van der Waals surface area contributed by atoms with Gasteiger partial charge in [0.05, 0.1) is 12.3 Å². The van der Waals surface area contributed by atoms with E-state index in [1.807, 2.05) is 6.08 Å². The van der Waals surface area contributed by atoms with Gasteiger partial charge in [0.2, 0.25) is 0 Å². The molecule has 0 radical (unpaired) electrons. The molecule has 1 atom stereocenters. The predicted molar refractivity (Wildman–Crippen MR) is 64.3 cm³/mol. The number of esters is 2. The van der Waals surface area contributed by atoms with Gasteiger partial charge < -0.3 is 4.74 Å². The Hall–Kier alpha value is 0.516. The normalized spacial score (nSPS) is 19.9. The number of unbranched alkanes of at least 4 members (excludes halogenated alkanes) is 4. The fourth-order valence-corrected chi connectivity index (χ4v) is 1.59. The quantitative estimate of drug-likeness (QED) is 0.238. The van der Waals surface area contributed by atoms with Crippen LogP contribution in [0.5, 0.6) is 0 Å². The van der Waals surface area contributed by atoms with E-state index in [-0.39, 0.29) is 63.7 Å². The molecule has 1 unspecified atom stereocenters. The molecule has 1 heterocycles. The minimum atomic E-state index is -0.402. The number of ether oxygens (including phenoxy) is 1. The van der Waals surface area contributed by atoms with Crippen molar-refractivity contribution in [2.24, 2.45) is 5.92 Å². The van der Waals surface area contributed by atoms with E-state index in [1.165, 1.54) is 19.3 Å². The maximum atomic E-state index is 11.1. The molecule has 1 saturated heterocycles. The second kappa shape index (κ2) is 9.54. The van der Waals surface area contributed by atoms with Gasteiger partial charge in [0.1, 0.15) is 0 Å². The van der Waals surface area contributed by atoms with E-state index in [2.05, 4.69) is 11.7 Å². The van der Waals surface area contributed by atoms with E-state index >= 15 is 0 Å². The Labute approximate surface area is 139 Å². The first kappa shape index (κ1) is 16.5. The van der Waals surface area contributed by atoms with Gasteiger partial charge in [0.25, 0.3) is 0 Å². The number of carbonyl (C=O) groups excluding carboxylic acids is 2. The number of carbonyl (C=O) groups is 2. The van der Waals surface area contributed by atoms with Gasteiger partial charge in [-0.05, 0) is 12.8 Å². The van der Waals surface area contributed by atoms with Crippen molar-refractivity contribution in [2.75, 3.05) is 0 Å². The fraction of sp³-hybridized carbons (Fsp3) is 0.667. The molecular formula is C12H19KO3. The van der Waals surface area contributed by atoms with Crippen molar-refractivity contribution in [3.05, 3.63) is 12.2 Å². The van der Waals surface area contributed by atoms with Gasteiger partial charge in [-0.1, -0.05) is 38.3 Å². The monoisotopic (exact) mass is 250 g/mol. The van der Waals surface area contributed by atoms with E-state index < -0.39 is 11.9 Å². The first-order valence-corrected chi connectivity index (χ1v) is 5.65. The molecule has 0 aromatic carbocycles. The molecule has 0 N–H and O–H groups in total. The van der Waals surface area contributed by atoms with Crippen LogP contribution in [-0.2, 0) is 14.3 Å². The average molecular weight is 250 g/mol. The van der Waals surface area contributed by atoms with Crippen molar-refractivity contribution in [1.82, 2.24) is 0 Å². The molecule has 0 aliphatic carbocycles. The first-order chi connectivity index (χ1) is 7.24. The van der Waals surface area contributed by atoms with Gasteiger partial charge in [-0.15, -0.1) is 0 Å². The second-order valence-electron chi connectivity index (χ2n) is 3.88. The van der Waals surface area contributed by atoms with Gasteiger partial charge in [-0.2, -0.15) is 0 Å². The number of hydrogen-bond acceptors (Lipinski definition) is 3. The minimum absolute atomic E-state index is 0. The molecule has 4 heteroatoms. The maximum absolute atomic E-state index is 11.1. The molecule has 0 spiro atoms. The third-order valence-corrected chi connectivity index (χ3v) is 2.50. The molecule has 3 nitrogen and oxygen atoms in total. The zero-order valence-corrected chi connectivity index (χ0v) is 9.20. The molecule has 1 fully saturated rings. The zero-order valence-electron chi connectivity index (χ0n) is 9.20. The molecule has 86 valence electrons. The summed E-state index contributed by atoms with van der Waals surface area (Å²) in [6, 6.07) is 0. The van der Waals surface area contributed by atoms with E-state index in [0.717, 1.165) is 12.8 Å². The third-order valence-electron chi connectivity index (χ3n) is 2.50. The Morgan fingerprint density at radius 1 is 1.31 bits per heavy atom. The Bertz CT molecular complexity index is 261. The van der Waals surface area contributed by atoms with Gasteiger partial charge >= 0.3 is 63.3 Å². The van der Waals surface area contributed by atoms with Gasteiger partial charge in [-0.25, -0.2) is 0 Å². The summed E-state index contributed by atoms with van der Waals surface area (Å²) < 4.78 is 4.44. The molecule has 0 aromatic heterocycles. The summed E-state index contributed by atoms with van der Waals surface area (Å²) in [6.45, 7) is 2.18. The molecule has 1 aliphatic heterocycles. The SMILES string of the molecule is CCCCCCC=CC1CC(=O)OC1=O.[KH]. The summed E-state index contributed by atoms with van der Waals surface area (Å²) in [5.74, 6) is -1.13. The fourth-order valence-electron chi connectivity index (χ4n) is 1.59. The average Bonchev–Trinajstić information content (AvgIpc) is 2.51. The molecular weight excluding hydrogens is 231 g/mol. The van der Waals surface area contributed by atoms with Crippen LogP contribution < -0.4 is 0 Å². The van der Waals surface area contributed by atoms with Crippen molar-refractivity contribution >= 4 is 63.3 Å². The summed E-state index contributed by atoms with van der Waals surface area (Å²) in [7, 11) is 0. The van der Waals surface area contributed by atoms with Crippen LogP contribution in [0.25, 0.3) is 0 Å². The van der Waals surface area contributed by atoms with Crippen LogP contribution in [0.3, 0.4) is 0 Å². The number of cyclic esters (lactones) is 2. The van der Waals surface area contributed by atoms with Crippen LogP contribution in [0, 0.1) is 5.92 Å². The molecule has 16 heavy (non-hydrogen) atoms. The Kier molecular flexibility index (Phi) is 9.84. The summed E-state index contributed by atoms with van der Waals surface area (Å²) >= 11 is 0. The van der Waals surface area contributed by atoms with Crippen molar-refractivity contribution in [3.63, 3.8) is 0 Å². The van der Waals surface area contributed by atoms with Crippen LogP contribution in [0.15, 0.2) is 12.2 Å². The molecule has 0 bridgehead atoms. The van der Waals surface area contributed by atoms with Crippen LogP contribution in [0.2, 0.25) is 0 Å². The molecule has 0 amide bonds. The predicted octanol–water partition coefficient (Wildman–Crippen LogP) is 1.95. The van der Waals surface area contributed by atoms with E-state index in [1.54, 1.807) is 6.08 Å². The summed E-state index contributed by atoms with van der Waals surface area (Å²) in [4.78, 5) is 21.8. The number of allylic oxidation sites excluding steroid dienone is 1. The summed E-state index contributed by atoms with van der Waals surface area (Å²) in [5.41, 5.74) is 0. The molecule has 0 aromatic rings. The van der Waals surface area contributed by atoms with Crippen LogP contribution in [0.1, 0.15) is 45.4 Å². The first-order valence-electron chi connectivity index (χ1n) is 5.65. The Morgan fingerprint density at radius 3 is 2.62 bits per heavy atom. The summed E-state index contributed by atoms with van der Waals surface area (Å²) in [5, 5.41) is 0. The second-order valence-corrected chi connectivity index (χ2v) is 3.88. The Balaban J connectivity index is 0.00000225. The zero-order chi connectivity index (χ0) is 11.1. The topological polar surface area (TPSA) is 43.4 Å². The molecule has 1 aliphatic rings. The molecule has 0 saturated carbocycles. The molecule has 1 rings (SSSR count). The van der Waals surface area contributed by atoms with Crippen molar-refractivity contribution in [2.45, 2.75) is 45.4 Å². The number of hydrogen-bond donors (Lipinski definition) is 0. The Morgan fingerprint density at radius 2 is 2.06 bits per heavy atom. The van der Waals surface area contributed by atoms with Gasteiger partial charge in [0.15, 0.2) is 0 Å². The van der Waals surface area contributed by atoms with E-state index in [4.69, 9.17) is 0 Å². The third kappa shape index (κ3) is 6.30. The van der Waals surface area contributed by atoms with Crippen molar-refractivity contribution in [3.8, 4) is 0 Å². The standard InChI is InChI=1S/C12H18O3.K.H/c1-2-3-4-5-6-7-8-10-9-11(13)15-12(10)14;;/h7-8,10H,2-6,9H2,1H3;;. The summed E-state index contributed by atoms with van der Waals surface area (Å²) in [6.07, 6.45) is 9.86. The van der Waals surface area contributed by atoms with Crippen molar-refractivity contribution in [1.29, 1.82) is 0 Å². The van der Waals surface area contributed by atoms with Gasteiger partial charge in [-0.3, -0.25) is 9.59 Å². The van der Waals surface area contributed by atoms with Crippen LogP contribution >= 0.6 is 0 Å². The van der Waals surface area contributed by atoms with Crippen LogP contribution in [0.4, 0.5) is 0 Å². The van der Waals surface area contributed by atoms with E-state index in [9.17, 15) is 9.59 Å². The number of rotatable bonds is 6. The van der Waals surface area contributed by atoms with Gasteiger partial charge in [0, 0.05) is 0 Å². The van der Waals surface area contributed by atoms with Crippen LogP contribution in [-0.4, -0.2) is 63.3 Å². The van der Waals surface area contributed by atoms with E-state index in [0.29, 0.717) is 0 Å².